The Morgan fingerprint density at radius 1 is 1.43 bits per heavy atom. The number of halogens is 3. The van der Waals surface area contributed by atoms with Crippen LogP contribution in [0, 0.1) is 5.41 Å². The zero-order valence-electron chi connectivity index (χ0n) is 11.4. The van der Waals surface area contributed by atoms with Crippen molar-refractivity contribution < 1.29 is 18.0 Å². The Balaban J connectivity index is 2.33. The SMILES string of the molecule is CC(C)(CNc1nccn2nc(C(F)(F)F)cc12)C(N)=O. The Labute approximate surface area is 118 Å². The number of nitrogens with zero attached hydrogens (tertiary/aromatic N) is 3. The predicted octanol–water partition coefficient (Wildman–Crippen LogP) is 1.67. The fourth-order valence-corrected chi connectivity index (χ4v) is 1.59. The number of hydrogen-bond acceptors (Lipinski definition) is 4. The lowest BCUT2D eigenvalue weighted by atomic mass is 9.93. The average Bonchev–Trinajstić information content (AvgIpc) is 2.80. The summed E-state index contributed by atoms with van der Waals surface area (Å²) in [6.07, 6.45) is -1.90. The summed E-state index contributed by atoms with van der Waals surface area (Å²) in [6.45, 7) is 3.39. The van der Waals surface area contributed by atoms with E-state index in [9.17, 15) is 18.0 Å². The lowest BCUT2D eigenvalue weighted by Crippen LogP contribution is -2.37. The summed E-state index contributed by atoms with van der Waals surface area (Å²) in [5.74, 6) is -0.318. The maximum Gasteiger partial charge on any atom is 0.435 e. The highest BCUT2D eigenvalue weighted by Crippen LogP contribution is 2.30. The van der Waals surface area contributed by atoms with E-state index >= 15 is 0 Å². The van der Waals surface area contributed by atoms with Crippen LogP contribution >= 0.6 is 0 Å². The molecule has 0 aliphatic carbocycles. The van der Waals surface area contributed by atoms with Gasteiger partial charge in [0.1, 0.15) is 5.52 Å². The Morgan fingerprint density at radius 2 is 2.10 bits per heavy atom. The van der Waals surface area contributed by atoms with Gasteiger partial charge in [-0.25, -0.2) is 9.50 Å². The summed E-state index contributed by atoms with van der Waals surface area (Å²) < 4.78 is 39.1. The third-order valence-electron chi connectivity index (χ3n) is 3.05. The first kappa shape index (κ1) is 15.1. The molecule has 2 aromatic rings. The highest BCUT2D eigenvalue weighted by atomic mass is 19.4. The van der Waals surface area contributed by atoms with Gasteiger partial charge in [-0.1, -0.05) is 0 Å². The number of nitrogens with one attached hydrogen (secondary N) is 1. The molecule has 0 aliphatic rings. The molecular weight excluding hydrogens is 287 g/mol. The summed E-state index contributed by atoms with van der Waals surface area (Å²) in [5.41, 5.74) is 3.55. The number of anilines is 1. The Bertz CT molecular complexity index is 677. The van der Waals surface area contributed by atoms with Crippen molar-refractivity contribution in [3.05, 3.63) is 24.2 Å². The molecule has 114 valence electrons. The highest BCUT2D eigenvalue weighted by molar-refractivity contribution is 5.81. The van der Waals surface area contributed by atoms with Crippen LogP contribution in [0.3, 0.4) is 0 Å². The minimum atomic E-state index is -4.53. The van der Waals surface area contributed by atoms with Crippen LogP contribution in [0.15, 0.2) is 18.5 Å². The predicted molar refractivity (Wildman–Crippen MR) is 69.5 cm³/mol. The molecule has 9 heteroatoms. The molecule has 0 saturated carbocycles. The van der Waals surface area contributed by atoms with Crippen molar-refractivity contribution in [1.82, 2.24) is 14.6 Å². The van der Waals surface area contributed by atoms with Crippen LogP contribution in [-0.2, 0) is 11.0 Å². The zero-order chi connectivity index (χ0) is 15.8. The van der Waals surface area contributed by atoms with E-state index in [4.69, 9.17) is 5.73 Å². The van der Waals surface area contributed by atoms with Crippen molar-refractivity contribution in [3.8, 4) is 0 Å². The Morgan fingerprint density at radius 3 is 2.67 bits per heavy atom. The van der Waals surface area contributed by atoms with Crippen LogP contribution in [0.2, 0.25) is 0 Å². The molecule has 1 amide bonds. The van der Waals surface area contributed by atoms with Crippen LogP contribution in [0.25, 0.3) is 5.52 Å². The summed E-state index contributed by atoms with van der Waals surface area (Å²) in [4.78, 5) is 15.2. The minimum Gasteiger partial charge on any atom is -0.369 e. The maximum atomic E-state index is 12.7. The van der Waals surface area contributed by atoms with Crippen LogP contribution in [0.5, 0.6) is 0 Å². The minimum absolute atomic E-state index is 0.140. The van der Waals surface area contributed by atoms with E-state index in [1.165, 1.54) is 12.4 Å². The molecule has 0 radical (unpaired) electrons. The molecule has 2 heterocycles. The standard InChI is InChI=1S/C12H14F3N5O/c1-11(2,10(16)21)6-18-9-7-5-8(12(13,14)15)19-20(7)4-3-17-9/h3-5H,6H2,1-2H3,(H2,16,21)(H,17,18). The van der Waals surface area contributed by atoms with Crippen molar-refractivity contribution in [2.45, 2.75) is 20.0 Å². The van der Waals surface area contributed by atoms with Gasteiger partial charge in [-0.15, -0.1) is 0 Å². The number of fused-ring (bicyclic) bond motifs is 1. The molecule has 0 unspecified atom stereocenters. The number of hydrogen-bond donors (Lipinski definition) is 2. The molecule has 0 saturated heterocycles. The molecule has 3 N–H and O–H groups in total. The molecular formula is C12H14F3N5O. The normalized spacial score (nSPS) is 12.6. The van der Waals surface area contributed by atoms with E-state index in [0.717, 1.165) is 10.6 Å². The molecule has 21 heavy (non-hydrogen) atoms. The van der Waals surface area contributed by atoms with Crippen LogP contribution in [0.4, 0.5) is 19.0 Å². The van der Waals surface area contributed by atoms with Crippen molar-refractivity contribution in [3.63, 3.8) is 0 Å². The van der Waals surface area contributed by atoms with Gasteiger partial charge >= 0.3 is 6.18 Å². The van der Waals surface area contributed by atoms with Gasteiger partial charge in [0, 0.05) is 25.0 Å². The van der Waals surface area contributed by atoms with Gasteiger partial charge in [0.2, 0.25) is 5.91 Å². The number of alkyl halides is 3. The number of primary amides is 1. The van der Waals surface area contributed by atoms with Crippen LogP contribution < -0.4 is 11.1 Å². The van der Waals surface area contributed by atoms with E-state index in [1.54, 1.807) is 13.8 Å². The van der Waals surface area contributed by atoms with Crippen molar-refractivity contribution in [2.75, 3.05) is 11.9 Å². The molecule has 6 nitrogen and oxygen atoms in total. The second-order valence-corrected chi connectivity index (χ2v) is 5.23. The van der Waals surface area contributed by atoms with Crippen molar-refractivity contribution in [1.29, 1.82) is 0 Å². The fraction of sp³-hybridized carbons (Fsp3) is 0.417. The van der Waals surface area contributed by atoms with Crippen LogP contribution in [0.1, 0.15) is 19.5 Å². The number of carbonyl (C=O) groups excluding carboxylic acids is 1. The maximum absolute atomic E-state index is 12.7. The summed E-state index contributed by atoms with van der Waals surface area (Å²) in [5, 5.41) is 6.28. The first-order valence-electron chi connectivity index (χ1n) is 6.06. The lowest BCUT2D eigenvalue weighted by molar-refractivity contribution is -0.141. The average molecular weight is 301 g/mol. The first-order chi connectivity index (χ1) is 9.61. The largest absolute Gasteiger partial charge is 0.435 e. The van der Waals surface area contributed by atoms with E-state index in [-0.39, 0.29) is 17.9 Å². The molecule has 0 aliphatic heterocycles. The second-order valence-electron chi connectivity index (χ2n) is 5.23. The monoisotopic (exact) mass is 301 g/mol. The molecule has 0 atom stereocenters. The summed E-state index contributed by atoms with van der Waals surface area (Å²) >= 11 is 0. The first-order valence-corrected chi connectivity index (χ1v) is 6.06. The zero-order valence-corrected chi connectivity index (χ0v) is 11.4. The highest BCUT2D eigenvalue weighted by Gasteiger charge is 2.34. The van der Waals surface area contributed by atoms with Crippen molar-refractivity contribution in [2.24, 2.45) is 11.1 Å². The lowest BCUT2D eigenvalue weighted by Gasteiger charge is -2.21. The summed E-state index contributed by atoms with van der Waals surface area (Å²) in [7, 11) is 0. The number of carbonyl (C=O) groups is 1. The molecule has 0 aromatic carbocycles. The van der Waals surface area contributed by atoms with E-state index in [2.05, 4.69) is 15.4 Å². The van der Waals surface area contributed by atoms with Crippen LogP contribution in [-0.4, -0.2) is 27.0 Å². The molecule has 2 aromatic heterocycles. The Hall–Kier alpha value is -2.32. The Kier molecular flexibility index (Phi) is 3.52. The van der Waals surface area contributed by atoms with Gasteiger partial charge in [0.05, 0.1) is 5.41 Å². The quantitative estimate of drug-likeness (QED) is 0.899. The van der Waals surface area contributed by atoms with Gasteiger partial charge in [0.15, 0.2) is 11.5 Å². The van der Waals surface area contributed by atoms with E-state index in [0.29, 0.717) is 0 Å². The molecule has 0 fully saturated rings. The van der Waals surface area contributed by atoms with Gasteiger partial charge in [-0.05, 0) is 13.8 Å². The van der Waals surface area contributed by atoms with E-state index in [1.807, 2.05) is 0 Å². The van der Waals surface area contributed by atoms with E-state index < -0.39 is 23.2 Å². The number of amides is 1. The molecule has 0 bridgehead atoms. The number of aromatic nitrogens is 3. The topological polar surface area (TPSA) is 85.3 Å². The molecule has 0 spiro atoms. The number of nitrogens with two attached hydrogens (primary N) is 1. The molecule has 2 rings (SSSR count). The summed E-state index contributed by atoms with van der Waals surface area (Å²) in [6, 6.07) is 0.895. The van der Waals surface area contributed by atoms with Gasteiger partial charge in [-0.2, -0.15) is 18.3 Å². The van der Waals surface area contributed by atoms with Gasteiger partial charge in [-0.3, -0.25) is 4.79 Å². The van der Waals surface area contributed by atoms with Gasteiger partial charge in [0.25, 0.3) is 0 Å². The van der Waals surface area contributed by atoms with Gasteiger partial charge < -0.3 is 11.1 Å². The smallest absolute Gasteiger partial charge is 0.369 e. The third-order valence-corrected chi connectivity index (χ3v) is 3.05. The fourth-order valence-electron chi connectivity index (χ4n) is 1.59. The van der Waals surface area contributed by atoms with Crippen molar-refractivity contribution >= 4 is 17.2 Å². The third kappa shape index (κ3) is 3.06. The number of rotatable bonds is 4. The second kappa shape index (κ2) is 4.90.